The number of nitrogens with one attached hydrogen (secondary N) is 1. The van der Waals surface area contributed by atoms with Crippen molar-refractivity contribution in [3.8, 4) is 0 Å². The van der Waals surface area contributed by atoms with Crippen LogP contribution in [0.15, 0.2) is 36.4 Å². The second kappa shape index (κ2) is 8.73. The number of carbonyl (C=O) groups is 3. The first-order chi connectivity index (χ1) is 16.4. The lowest BCUT2D eigenvalue weighted by Crippen LogP contribution is -2.27. The Morgan fingerprint density at radius 3 is 2.40 bits per heavy atom. The Kier molecular flexibility index (Phi) is 6.05. The molecule has 4 aromatic rings. The Hall–Kier alpha value is -3.86. The van der Waals surface area contributed by atoms with Crippen molar-refractivity contribution in [1.82, 2.24) is 19.5 Å². The van der Waals surface area contributed by atoms with Crippen LogP contribution in [0.25, 0.3) is 22.1 Å². The van der Waals surface area contributed by atoms with Gasteiger partial charge in [-0.1, -0.05) is 0 Å². The van der Waals surface area contributed by atoms with E-state index in [0.29, 0.717) is 39.3 Å². The van der Waals surface area contributed by atoms with Crippen LogP contribution >= 0.6 is 7.60 Å². The number of carbonyl (C=O) groups excluding carboxylic acids is 2. The number of aromatic amines is 1. The zero-order valence-corrected chi connectivity index (χ0v) is 19.6. The van der Waals surface area contributed by atoms with E-state index in [9.17, 15) is 24.1 Å². The molecule has 0 aliphatic carbocycles. The maximum Gasteiger partial charge on any atom is 0.326 e. The van der Waals surface area contributed by atoms with E-state index in [1.54, 1.807) is 35.9 Å². The minimum Gasteiger partial charge on any atom is -0.481 e. The monoisotopic (exact) mass is 499 g/mol. The zero-order valence-electron chi connectivity index (χ0n) is 18.7. The van der Waals surface area contributed by atoms with E-state index in [-0.39, 0.29) is 11.5 Å². The summed E-state index contributed by atoms with van der Waals surface area (Å²) in [7, 11) is -2.95. The second-order valence-corrected chi connectivity index (χ2v) is 9.97. The number of hydrogen-bond donors (Lipinski definition) is 5. The first kappa shape index (κ1) is 24.3. The molecule has 0 bridgehead atoms. The fourth-order valence-corrected chi connectivity index (χ4v) is 4.78. The third-order valence-corrected chi connectivity index (χ3v) is 6.66. The van der Waals surface area contributed by atoms with Crippen LogP contribution in [0.3, 0.4) is 0 Å². The summed E-state index contributed by atoms with van der Waals surface area (Å²) in [4.78, 5) is 66.3. The van der Waals surface area contributed by atoms with Gasteiger partial charge in [-0.05, 0) is 43.3 Å². The molecule has 0 fully saturated rings. The molecule has 2 aromatic carbocycles. The van der Waals surface area contributed by atoms with E-state index in [4.69, 9.17) is 15.5 Å². The second-order valence-electron chi connectivity index (χ2n) is 8.27. The Morgan fingerprint density at radius 2 is 1.77 bits per heavy atom. The van der Waals surface area contributed by atoms with Crippen LogP contribution in [-0.4, -0.2) is 58.2 Å². The fourth-order valence-electron chi connectivity index (χ4n) is 3.98. The number of aryl methyl sites for hydroxylation is 1. The molecule has 0 saturated heterocycles. The lowest BCUT2D eigenvalue weighted by molar-refractivity contribution is -0.139. The van der Waals surface area contributed by atoms with Gasteiger partial charge in [-0.15, -0.1) is 0 Å². The molecule has 0 spiro atoms. The lowest BCUT2D eigenvalue weighted by atomic mass is 9.99. The van der Waals surface area contributed by atoms with Crippen molar-refractivity contribution in [3.05, 3.63) is 59.2 Å². The van der Waals surface area contributed by atoms with Gasteiger partial charge < -0.3 is 30.2 Å². The molecule has 1 amide bonds. The van der Waals surface area contributed by atoms with Crippen molar-refractivity contribution in [1.29, 1.82) is 0 Å². The predicted molar refractivity (Wildman–Crippen MR) is 125 cm³/mol. The van der Waals surface area contributed by atoms with Crippen molar-refractivity contribution in [3.63, 3.8) is 0 Å². The highest BCUT2D eigenvalue weighted by atomic mass is 31.2. The van der Waals surface area contributed by atoms with Crippen molar-refractivity contribution in [2.75, 3.05) is 6.16 Å². The summed E-state index contributed by atoms with van der Waals surface area (Å²) in [6.07, 6.45) is -1.09. The van der Waals surface area contributed by atoms with Gasteiger partial charge in [-0.3, -0.25) is 18.9 Å². The van der Waals surface area contributed by atoms with Crippen LogP contribution in [0, 0.1) is 5.92 Å². The molecule has 0 aliphatic rings. The number of imidazole rings is 2. The van der Waals surface area contributed by atoms with E-state index >= 15 is 0 Å². The Morgan fingerprint density at radius 1 is 1.09 bits per heavy atom. The van der Waals surface area contributed by atoms with Crippen LogP contribution in [0.2, 0.25) is 0 Å². The number of rotatable bonds is 8. The third-order valence-electron chi connectivity index (χ3n) is 5.82. The number of ketones is 1. The van der Waals surface area contributed by atoms with E-state index < -0.39 is 37.3 Å². The fraction of sp³-hybridized carbons (Fsp3) is 0.227. The number of fused-ring (bicyclic) bond motifs is 2. The van der Waals surface area contributed by atoms with Gasteiger partial charge in [0.1, 0.15) is 17.6 Å². The molecule has 13 heteroatoms. The highest BCUT2D eigenvalue weighted by molar-refractivity contribution is 7.51. The molecule has 182 valence electrons. The number of benzene rings is 2. The number of aromatic nitrogens is 4. The summed E-state index contributed by atoms with van der Waals surface area (Å²) in [6.45, 7) is 1.88. The number of carboxylic acids is 1. The van der Waals surface area contributed by atoms with Crippen LogP contribution in [0.1, 0.15) is 45.2 Å². The van der Waals surface area contributed by atoms with Gasteiger partial charge in [0, 0.05) is 18.2 Å². The quantitative estimate of drug-likeness (QED) is 0.136. The number of carboxylic acid groups (broad SMARTS) is 1. The molecule has 12 nitrogen and oxygen atoms in total. The highest BCUT2D eigenvalue weighted by Crippen LogP contribution is 2.38. The average Bonchev–Trinajstić information content (AvgIpc) is 3.36. The molecular formula is C22H22N5O7P. The highest BCUT2D eigenvalue weighted by Gasteiger charge is 2.34. The smallest absolute Gasteiger partial charge is 0.326 e. The number of hydrogen-bond acceptors (Lipinski definition) is 6. The maximum atomic E-state index is 12.7. The van der Waals surface area contributed by atoms with Gasteiger partial charge in [-0.25, -0.2) is 9.97 Å². The van der Waals surface area contributed by atoms with Gasteiger partial charge in [0.2, 0.25) is 5.91 Å². The van der Waals surface area contributed by atoms with Gasteiger partial charge in [0.25, 0.3) is 0 Å². The van der Waals surface area contributed by atoms with Crippen molar-refractivity contribution >= 4 is 47.3 Å². The number of aliphatic carboxylic acids is 1. The minimum atomic E-state index is -4.73. The molecule has 2 atom stereocenters. The standard InChI is InChI=1S/C22H22N5O7P/c1-10(20-24-14-5-3-12(19(23)29)8-15(14)25-20)21-26-16-7-11(4-6-17(16)27(21)2)18(28)13(22(30)31)9-35(32,33)34/h3-8,10,13H,9H2,1-2H3,(H2,23,29)(H,24,25)(H,30,31)(H2,32,33,34). The van der Waals surface area contributed by atoms with E-state index in [2.05, 4.69) is 15.0 Å². The number of Topliss-reactive ketones (excluding diaryl/α,β-unsaturated/α-hetero) is 1. The lowest BCUT2D eigenvalue weighted by Gasteiger charge is -2.12. The van der Waals surface area contributed by atoms with E-state index in [1.807, 2.05) is 6.92 Å². The Labute approximate surface area is 198 Å². The summed E-state index contributed by atoms with van der Waals surface area (Å²) in [5.74, 6) is -4.09. The molecule has 0 aliphatic heterocycles. The average molecular weight is 499 g/mol. The summed E-state index contributed by atoms with van der Waals surface area (Å²) in [6, 6.07) is 9.30. The minimum absolute atomic E-state index is 0.0154. The van der Waals surface area contributed by atoms with Gasteiger partial charge >= 0.3 is 13.6 Å². The first-order valence-electron chi connectivity index (χ1n) is 10.4. The number of nitrogens with two attached hydrogens (primary N) is 1. The number of amides is 1. The van der Waals surface area contributed by atoms with Crippen LogP contribution in [-0.2, 0) is 16.4 Å². The zero-order chi connectivity index (χ0) is 25.7. The van der Waals surface area contributed by atoms with Crippen LogP contribution in [0.4, 0.5) is 0 Å². The van der Waals surface area contributed by atoms with Gasteiger partial charge in [-0.2, -0.15) is 0 Å². The van der Waals surface area contributed by atoms with Crippen LogP contribution < -0.4 is 5.73 Å². The summed E-state index contributed by atoms with van der Waals surface area (Å²) >= 11 is 0. The Bertz CT molecular complexity index is 1550. The molecule has 6 N–H and O–H groups in total. The summed E-state index contributed by atoms with van der Waals surface area (Å²) in [5, 5.41) is 9.32. The molecule has 2 aromatic heterocycles. The molecule has 0 radical (unpaired) electrons. The molecular weight excluding hydrogens is 477 g/mol. The molecule has 4 rings (SSSR count). The summed E-state index contributed by atoms with van der Waals surface area (Å²) in [5.41, 5.74) is 8.03. The third kappa shape index (κ3) is 4.72. The predicted octanol–water partition coefficient (Wildman–Crippen LogP) is 1.76. The molecule has 35 heavy (non-hydrogen) atoms. The maximum absolute atomic E-state index is 12.7. The molecule has 2 unspecified atom stereocenters. The van der Waals surface area contributed by atoms with Crippen molar-refractivity contribution in [2.24, 2.45) is 18.7 Å². The molecule has 2 heterocycles. The van der Waals surface area contributed by atoms with E-state index in [1.165, 1.54) is 12.1 Å². The number of primary amides is 1. The summed E-state index contributed by atoms with van der Waals surface area (Å²) < 4.78 is 13.1. The van der Waals surface area contributed by atoms with Gasteiger partial charge in [0.15, 0.2) is 5.78 Å². The van der Waals surface area contributed by atoms with Crippen LogP contribution in [0.5, 0.6) is 0 Å². The molecule has 0 saturated carbocycles. The van der Waals surface area contributed by atoms with Crippen molar-refractivity contribution < 1.29 is 33.8 Å². The van der Waals surface area contributed by atoms with Gasteiger partial charge in [0.05, 0.1) is 34.1 Å². The normalized spacial score (nSPS) is 13.7. The number of nitrogens with zero attached hydrogens (tertiary/aromatic N) is 3. The SMILES string of the molecule is CC(c1nc2ccc(C(N)=O)cc2[nH]1)c1nc2cc(C(=O)C(CP(=O)(O)O)C(=O)O)ccc2n1C. The Balaban J connectivity index is 1.70. The number of H-pyrrole nitrogens is 1. The topological polar surface area (TPSA) is 201 Å². The first-order valence-corrected chi connectivity index (χ1v) is 12.2. The van der Waals surface area contributed by atoms with E-state index in [0.717, 1.165) is 0 Å². The van der Waals surface area contributed by atoms with Crippen molar-refractivity contribution in [2.45, 2.75) is 12.8 Å². The largest absolute Gasteiger partial charge is 0.481 e.